The van der Waals surface area contributed by atoms with Crippen LogP contribution in [0.1, 0.15) is 5.56 Å². The third-order valence-corrected chi connectivity index (χ3v) is 4.98. The zero-order valence-corrected chi connectivity index (χ0v) is 16.5. The van der Waals surface area contributed by atoms with Gasteiger partial charge in [-0.05, 0) is 36.3 Å². The molecule has 1 aliphatic rings. The third kappa shape index (κ3) is 4.97. The fraction of sp³-hybridized carbons (Fsp3) is 0.421. The second-order valence-corrected chi connectivity index (χ2v) is 6.60. The fourth-order valence-electron chi connectivity index (χ4n) is 3.05. The van der Waals surface area contributed by atoms with Gasteiger partial charge >= 0.3 is 0 Å². The molecule has 0 atom stereocenters. The van der Waals surface area contributed by atoms with Crippen molar-refractivity contribution in [3.8, 4) is 11.5 Å². The van der Waals surface area contributed by atoms with Gasteiger partial charge in [-0.15, -0.1) is 0 Å². The monoisotopic (exact) mass is 387 g/mol. The van der Waals surface area contributed by atoms with Crippen LogP contribution in [0.5, 0.6) is 11.5 Å². The Balaban J connectivity index is 1.44. The van der Waals surface area contributed by atoms with Gasteiger partial charge in [0.1, 0.15) is 5.82 Å². The molecule has 0 bridgehead atoms. The topological polar surface area (TPSA) is 62.8 Å². The van der Waals surface area contributed by atoms with E-state index in [0.29, 0.717) is 0 Å². The first-order valence-corrected chi connectivity index (χ1v) is 9.36. The van der Waals surface area contributed by atoms with E-state index < -0.39 is 0 Å². The van der Waals surface area contributed by atoms with Crippen molar-refractivity contribution in [3.63, 3.8) is 0 Å². The van der Waals surface area contributed by atoms with E-state index in [9.17, 15) is 0 Å². The minimum absolute atomic E-state index is 0.741. The standard InChI is InChI=1S/C19H25N5O2S/c1-25-16-4-3-15(13-17(16)26-2)5-6-22-19(27)24-11-9-23(10-12-24)18-14-20-7-8-21-18/h3-4,7-8,13-14H,5-6,9-12H2,1-2H3,(H,22,27). The Morgan fingerprint density at radius 1 is 1.11 bits per heavy atom. The molecule has 1 aromatic heterocycles. The Kier molecular flexibility index (Phi) is 6.64. The summed E-state index contributed by atoms with van der Waals surface area (Å²) < 4.78 is 10.6. The third-order valence-electron chi connectivity index (χ3n) is 4.58. The van der Waals surface area contributed by atoms with Gasteiger partial charge < -0.3 is 24.6 Å². The molecular formula is C19H25N5O2S. The van der Waals surface area contributed by atoms with Crippen LogP contribution in [-0.4, -0.2) is 66.9 Å². The van der Waals surface area contributed by atoms with Gasteiger partial charge in [0.25, 0.3) is 0 Å². The van der Waals surface area contributed by atoms with Crippen molar-refractivity contribution in [1.82, 2.24) is 20.2 Å². The second kappa shape index (κ2) is 9.36. The zero-order valence-electron chi connectivity index (χ0n) is 15.7. The molecule has 3 rings (SSSR count). The predicted molar refractivity (Wildman–Crippen MR) is 110 cm³/mol. The Labute approximate surface area is 165 Å². The quantitative estimate of drug-likeness (QED) is 0.752. The summed E-state index contributed by atoms with van der Waals surface area (Å²) >= 11 is 5.56. The number of aromatic nitrogens is 2. The van der Waals surface area contributed by atoms with Gasteiger partial charge in [-0.1, -0.05) is 6.07 Å². The van der Waals surface area contributed by atoms with Gasteiger partial charge in [0.2, 0.25) is 0 Å². The van der Waals surface area contributed by atoms with Crippen LogP contribution in [0.3, 0.4) is 0 Å². The molecule has 2 aromatic rings. The van der Waals surface area contributed by atoms with Crippen molar-refractivity contribution < 1.29 is 9.47 Å². The van der Waals surface area contributed by atoms with Crippen molar-refractivity contribution in [2.45, 2.75) is 6.42 Å². The highest BCUT2D eigenvalue weighted by molar-refractivity contribution is 7.80. The van der Waals surface area contributed by atoms with E-state index in [1.165, 1.54) is 5.56 Å². The number of piperazine rings is 1. The number of rotatable bonds is 6. The average Bonchev–Trinajstić information content (AvgIpc) is 2.74. The predicted octanol–water partition coefficient (Wildman–Crippen LogP) is 1.73. The van der Waals surface area contributed by atoms with E-state index in [2.05, 4.69) is 25.1 Å². The Morgan fingerprint density at radius 2 is 1.89 bits per heavy atom. The van der Waals surface area contributed by atoms with E-state index in [-0.39, 0.29) is 0 Å². The average molecular weight is 388 g/mol. The van der Waals surface area contributed by atoms with Gasteiger partial charge in [-0.2, -0.15) is 0 Å². The second-order valence-electron chi connectivity index (χ2n) is 6.21. The maximum absolute atomic E-state index is 5.56. The summed E-state index contributed by atoms with van der Waals surface area (Å²) in [6, 6.07) is 5.98. The number of benzene rings is 1. The van der Waals surface area contributed by atoms with Crippen molar-refractivity contribution in [2.24, 2.45) is 0 Å². The molecule has 0 saturated carbocycles. The van der Waals surface area contributed by atoms with Gasteiger partial charge in [0.15, 0.2) is 16.6 Å². The largest absolute Gasteiger partial charge is 0.493 e. The highest BCUT2D eigenvalue weighted by Crippen LogP contribution is 2.27. The first-order valence-electron chi connectivity index (χ1n) is 8.96. The summed E-state index contributed by atoms with van der Waals surface area (Å²) in [5, 5.41) is 4.16. The molecule has 0 aliphatic carbocycles. The molecule has 2 heterocycles. The normalized spacial score (nSPS) is 14.0. The number of nitrogens with zero attached hydrogens (tertiary/aromatic N) is 4. The minimum Gasteiger partial charge on any atom is -0.493 e. The van der Waals surface area contributed by atoms with Crippen LogP contribution in [0.4, 0.5) is 5.82 Å². The van der Waals surface area contributed by atoms with Crippen LogP contribution in [0.25, 0.3) is 0 Å². The van der Waals surface area contributed by atoms with Crippen molar-refractivity contribution >= 4 is 23.1 Å². The van der Waals surface area contributed by atoms with Crippen LogP contribution >= 0.6 is 12.2 Å². The Hall–Kier alpha value is -2.61. The molecule has 27 heavy (non-hydrogen) atoms. The number of hydrogen-bond acceptors (Lipinski definition) is 6. The van der Waals surface area contributed by atoms with E-state index in [4.69, 9.17) is 21.7 Å². The number of hydrogen-bond donors (Lipinski definition) is 1. The minimum atomic E-state index is 0.741. The summed E-state index contributed by atoms with van der Waals surface area (Å²) in [5.41, 5.74) is 1.18. The van der Waals surface area contributed by atoms with Gasteiger partial charge in [-0.25, -0.2) is 4.98 Å². The molecular weight excluding hydrogens is 362 g/mol. The number of methoxy groups -OCH3 is 2. The molecule has 1 fully saturated rings. The summed E-state index contributed by atoms with van der Waals surface area (Å²) in [7, 11) is 3.29. The molecule has 7 nitrogen and oxygen atoms in total. The van der Waals surface area contributed by atoms with Crippen LogP contribution in [0, 0.1) is 0 Å². The van der Waals surface area contributed by atoms with E-state index >= 15 is 0 Å². The van der Waals surface area contributed by atoms with Gasteiger partial charge in [0, 0.05) is 45.1 Å². The van der Waals surface area contributed by atoms with E-state index in [1.807, 2.05) is 18.2 Å². The highest BCUT2D eigenvalue weighted by Gasteiger charge is 2.19. The lowest BCUT2D eigenvalue weighted by atomic mass is 10.1. The Morgan fingerprint density at radius 3 is 2.56 bits per heavy atom. The van der Waals surface area contributed by atoms with E-state index in [1.54, 1.807) is 32.8 Å². The zero-order chi connectivity index (χ0) is 19.1. The van der Waals surface area contributed by atoms with Gasteiger partial charge in [-0.3, -0.25) is 4.98 Å². The van der Waals surface area contributed by atoms with Crippen LogP contribution < -0.4 is 19.7 Å². The molecule has 1 N–H and O–H groups in total. The maximum atomic E-state index is 5.56. The van der Waals surface area contributed by atoms with Crippen molar-refractivity contribution in [2.75, 3.05) is 51.8 Å². The molecule has 1 aliphatic heterocycles. The smallest absolute Gasteiger partial charge is 0.169 e. The molecule has 1 aromatic carbocycles. The molecule has 0 radical (unpaired) electrons. The number of anilines is 1. The molecule has 1 saturated heterocycles. The highest BCUT2D eigenvalue weighted by atomic mass is 32.1. The lowest BCUT2D eigenvalue weighted by Gasteiger charge is -2.36. The molecule has 0 spiro atoms. The summed E-state index contributed by atoms with van der Waals surface area (Å²) in [4.78, 5) is 12.9. The number of ether oxygens (including phenoxy) is 2. The summed E-state index contributed by atoms with van der Waals surface area (Å²) in [6.45, 7) is 4.29. The lowest BCUT2D eigenvalue weighted by molar-refractivity contribution is 0.354. The molecule has 8 heteroatoms. The van der Waals surface area contributed by atoms with E-state index in [0.717, 1.165) is 61.6 Å². The number of nitrogens with one attached hydrogen (secondary N) is 1. The fourth-order valence-corrected chi connectivity index (χ4v) is 3.34. The molecule has 144 valence electrons. The SMILES string of the molecule is COc1ccc(CCNC(=S)N2CCN(c3cnccn3)CC2)cc1OC. The molecule has 0 unspecified atom stereocenters. The van der Waals surface area contributed by atoms with Crippen LogP contribution in [0.15, 0.2) is 36.8 Å². The maximum Gasteiger partial charge on any atom is 0.169 e. The van der Waals surface area contributed by atoms with Crippen LogP contribution in [-0.2, 0) is 6.42 Å². The van der Waals surface area contributed by atoms with Gasteiger partial charge in [0.05, 0.1) is 20.4 Å². The first-order chi connectivity index (χ1) is 13.2. The molecule has 0 amide bonds. The van der Waals surface area contributed by atoms with Crippen LogP contribution in [0.2, 0.25) is 0 Å². The number of thiocarbonyl (C=S) groups is 1. The lowest BCUT2D eigenvalue weighted by Crippen LogP contribution is -2.52. The van der Waals surface area contributed by atoms with Crippen molar-refractivity contribution in [1.29, 1.82) is 0 Å². The van der Waals surface area contributed by atoms with Crippen molar-refractivity contribution in [3.05, 3.63) is 42.4 Å². The Bertz CT molecular complexity index is 751. The summed E-state index contributed by atoms with van der Waals surface area (Å²) in [6.07, 6.45) is 6.08. The summed E-state index contributed by atoms with van der Waals surface area (Å²) in [5.74, 6) is 2.41. The first kappa shape index (κ1) is 19.2.